The number of halogens is 1. The standard InChI is InChI=1S/C13H13ClN2O2S/c14-12-9(6-19-7-10(15)13(17)18)5-8-3-1-2-4-11(8)16-12/h1-5,10H,6-7,15H2,(H,17,18)/t10-/m1/s1. The average molecular weight is 297 g/mol. The number of benzene rings is 1. The molecule has 0 saturated carbocycles. The lowest BCUT2D eigenvalue weighted by Gasteiger charge is -2.08. The van der Waals surface area contributed by atoms with Crippen LogP contribution >= 0.6 is 23.4 Å². The van der Waals surface area contributed by atoms with Crippen molar-refractivity contribution in [3.63, 3.8) is 0 Å². The predicted molar refractivity (Wildman–Crippen MR) is 78.5 cm³/mol. The van der Waals surface area contributed by atoms with Crippen LogP contribution in [0.25, 0.3) is 10.9 Å². The van der Waals surface area contributed by atoms with Gasteiger partial charge < -0.3 is 10.8 Å². The number of aliphatic carboxylic acids is 1. The molecule has 2 rings (SSSR count). The number of fused-ring (bicyclic) bond motifs is 1. The number of hydrogen-bond acceptors (Lipinski definition) is 4. The summed E-state index contributed by atoms with van der Waals surface area (Å²) in [4.78, 5) is 14.9. The lowest BCUT2D eigenvalue weighted by Crippen LogP contribution is -2.32. The van der Waals surface area contributed by atoms with Gasteiger partial charge in [0.05, 0.1) is 5.52 Å². The molecule has 0 aliphatic heterocycles. The molecule has 0 aliphatic rings. The first-order valence-corrected chi connectivity index (χ1v) is 7.21. The van der Waals surface area contributed by atoms with Crippen LogP contribution in [-0.2, 0) is 10.5 Å². The second-order valence-electron chi connectivity index (χ2n) is 4.09. The number of aromatic nitrogens is 1. The van der Waals surface area contributed by atoms with Crippen LogP contribution in [0, 0.1) is 0 Å². The van der Waals surface area contributed by atoms with Gasteiger partial charge in [0.2, 0.25) is 0 Å². The van der Waals surface area contributed by atoms with Crippen molar-refractivity contribution in [3.05, 3.63) is 41.0 Å². The van der Waals surface area contributed by atoms with Crippen molar-refractivity contribution in [2.45, 2.75) is 11.8 Å². The van der Waals surface area contributed by atoms with Crippen molar-refractivity contribution < 1.29 is 9.90 Å². The highest BCUT2D eigenvalue weighted by molar-refractivity contribution is 7.98. The molecule has 0 bridgehead atoms. The van der Waals surface area contributed by atoms with E-state index in [1.165, 1.54) is 11.8 Å². The number of nitrogens with two attached hydrogens (primary N) is 1. The van der Waals surface area contributed by atoms with Crippen molar-refractivity contribution in [1.82, 2.24) is 4.98 Å². The Bertz CT molecular complexity index is 606. The van der Waals surface area contributed by atoms with Crippen LogP contribution < -0.4 is 5.73 Å². The maximum absolute atomic E-state index is 10.6. The van der Waals surface area contributed by atoms with Gasteiger partial charge in [-0.05, 0) is 12.1 Å². The van der Waals surface area contributed by atoms with Crippen molar-refractivity contribution in [1.29, 1.82) is 0 Å². The average Bonchev–Trinajstić information content (AvgIpc) is 2.39. The molecule has 1 heterocycles. The monoisotopic (exact) mass is 296 g/mol. The number of pyridine rings is 1. The number of hydrogen-bond donors (Lipinski definition) is 2. The van der Waals surface area contributed by atoms with Crippen molar-refractivity contribution in [2.75, 3.05) is 5.75 Å². The van der Waals surface area contributed by atoms with Gasteiger partial charge in [-0.2, -0.15) is 11.8 Å². The van der Waals surface area contributed by atoms with Gasteiger partial charge >= 0.3 is 5.97 Å². The Labute approximate surface area is 120 Å². The zero-order valence-electron chi connectivity index (χ0n) is 10.0. The van der Waals surface area contributed by atoms with Crippen LogP contribution in [-0.4, -0.2) is 27.9 Å². The molecule has 0 spiro atoms. The summed E-state index contributed by atoms with van der Waals surface area (Å²) in [5, 5.41) is 10.2. The van der Waals surface area contributed by atoms with Crippen LogP contribution in [0.5, 0.6) is 0 Å². The summed E-state index contributed by atoms with van der Waals surface area (Å²) in [7, 11) is 0. The zero-order valence-corrected chi connectivity index (χ0v) is 11.6. The summed E-state index contributed by atoms with van der Waals surface area (Å²) in [5.41, 5.74) is 7.18. The third kappa shape index (κ3) is 3.59. The van der Waals surface area contributed by atoms with E-state index in [1.807, 2.05) is 30.3 Å². The molecule has 2 aromatic rings. The quantitative estimate of drug-likeness (QED) is 0.829. The number of nitrogens with zero attached hydrogens (tertiary/aromatic N) is 1. The van der Waals surface area contributed by atoms with Gasteiger partial charge in [0.1, 0.15) is 11.2 Å². The highest BCUT2D eigenvalue weighted by Crippen LogP contribution is 2.24. The molecule has 3 N–H and O–H groups in total. The molecule has 6 heteroatoms. The fourth-order valence-electron chi connectivity index (χ4n) is 1.60. The van der Waals surface area contributed by atoms with Gasteiger partial charge in [-0.15, -0.1) is 0 Å². The van der Waals surface area contributed by atoms with Crippen LogP contribution in [0.2, 0.25) is 5.15 Å². The highest BCUT2D eigenvalue weighted by Gasteiger charge is 2.12. The SMILES string of the molecule is N[C@H](CSCc1cc2ccccc2nc1Cl)C(=O)O. The van der Waals surface area contributed by atoms with E-state index in [9.17, 15) is 4.79 Å². The van der Waals surface area contributed by atoms with E-state index in [0.29, 0.717) is 16.7 Å². The maximum Gasteiger partial charge on any atom is 0.321 e. The highest BCUT2D eigenvalue weighted by atomic mass is 35.5. The van der Waals surface area contributed by atoms with Crippen LogP contribution in [0.3, 0.4) is 0 Å². The second-order valence-corrected chi connectivity index (χ2v) is 5.48. The number of carboxylic acids is 1. The van der Waals surface area contributed by atoms with Gasteiger partial charge in [0.25, 0.3) is 0 Å². The smallest absolute Gasteiger partial charge is 0.321 e. The molecule has 1 aromatic heterocycles. The molecule has 0 saturated heterocycles. The number of carboxylic acid groups (broad SMARTS) is 1. The van der Waals surface area contributed by atoms with Crippen molar-refractivity contribution >= 4 is 40.2 Å². The summed E-state index contributed by atoms with van der Waals surface area (Å²) in [6.07, 6.45) is 0. The number of carbonyl (C=O) groups is 1. The van der Waals surface area contributed by atoms with E-state index < -0.39 is 12.0 Å². The molecule has 19 heavy (non-hydrogen) atoms. The summed E-state index contributed by atoms with van der Waals surface area (Å²) in [5.74, 6) is -0.0499. The molecule has 0 amide bonds. The normalized spacial score (nSPS) is 12.5. The number of rotatable bonds is 5. The molecular formula is C13H13ClN2O2S. The van der Waals surface area contributed by atoms with Crippen LogP contribution in [0.15, 0.2) is 30.3 Å². The molecule has 1 atom stereocenters. The zero-order chi connectivity index (χ0) is 13.8. The number of para-hydroxylation sites is 1. The van der Waals surface area contributed by atoms with Crippen molar-refractivity contribution in [2.24, 2.45) is 5.73 Å². The van der Waals surface area contributed by atoms with E-state index in [-0.39, 0.29) is 0 Å². The first kappa shape index (κ1) is 14.1. The molecule has 100 valence electrons. The fourth-order valence-corrected chi connectivity index (χ4v) is 2.85. The predicted octanol–water partition coefficient (Wildman–Crippen LogP) is 2.53. The molecule has 0 radical (unpaired) electrons. The Balaban J connectivity index is 2.08. The first-order valence-electron chi connectivity index (χ1n) is 5.68. The van der Waals surface area contributed by atoms with E-state index in [2.05, 4.69) is 4.98 Å². The Kier molecular flexibility index (Phi) is 4.63. The first-order chi connectivity index (χ1) is 9.08. The van der Waals surface area contributed by atoms with Crippen LogP contribution in [0.4, 0.5) is 0 Å². The largest absolute Gasteiger partial charge is 0.480 e. The Morgan fingerprint density at radius 2 is 2.21 bits per heavy atom. The number of thioether (sulfide) groups is 1. The third-order valence-electron chi connectivity index (χ3n) is 2.62. The lowest BCUT2D eigenvalue weighted by atomic mass is 10.2. The molecule has 1 aromatic carbocycles. The Morgan fingerprint density at radius 3 is 2.95 bits per heavy atom. The van der Waals surface area contributed by atoms with E-state index in [1.54, 1.807) is 0 Å². The summed E-state index contributed by atoms with van der Waals surface area (Å²) in [6.45, 7) is 0. The van der Waals surface area contributed by atoms with Crippen molar-refractivity contribution in [3.8, 4) is 0 Å². The van der Waals surface area contributed by atoms with Gasteiger partial charge in [-0.1, -0.05) is 29.8 Å². The molecular weight excluding hydrogens is 284 g/mol. The molecule has 0 unspecified atom stereocenters. The summed E-state index contributed by atoms with van der Waals surface area (Å²) >= 11 is 7.54. The van der Waals surface area contributed by atoms with Crippen LogP contribution in [0.1, 0.15) is 5.56 Å². The minimum atomic E-state index is -0.991. The minimum Gasteiger partial charge on any atom is -0.480 e. The topological polar surface area (TPSA) is 76.2 Å². The summed E-state index contributed by atoms with van der Waals surface area (Å²) < 4.78 is 0. The Morgan fingerprint density at radius 1 is 1.47 bits per heavy atom. The minimum absolute atomic E-state index is 0.346. The maximum atomic E-state index is 10.6. The van der Waals surface area contributed by atoms with Gasteiger partial charge in [0, 0.05) is 22.5 Å². The van der Waals surface area contributed by atoms with E-state index in [4.69, 9.17) is 22.4 Å². The molecule has 0 aliphatic carbocycles. The van der Waals surface area contributed by atoms with Gasteiger partial charge in [-0.3, -0.25) is 4.79 Å². The molecule has 0 fully saturated rings. The van der Waals surface area contributed by atoms with E-state index >= 15 is 0 Å². The lowest BCUT2D eigenvalue weighted by molar-refractivity contribution is -0.137. The fraction of sp³-hybridized carbons (Fsp3) is 0.231. The van der Waals surface area contributed by atoms with E-state index in [0.717, 1.165) is 16.5 Å². The Hall–Kier alpha value is -1.30. The summed E-state index contributed by atoms with van der Waals surface area (Å²) in [6, 6.07) is 8.84. The van der Waals surface area contributed by atoms with Gasteiger partial charge in [-0.25, -0.2) is 4.98 Å². The van der Waals surface area contributed by atoms with Gasteiger partial charge in [0.15, 0.2) is 0 Å². The molecule has 4 nitrogen and oxygen atoms in total. The second kappa shape index (κ2) is 6.23. The third-order valence-corrected chi connectivity index (χ3v) is 4.06.